The van der Waals surface area contributed by atoms with E-state index in [0.29, 0.717) is 12.0 Å². The van der Waals surface area contributed by atoms with E-state index in [2.05, 4.69) is 32.6 Å². The van der Waals surface area contributed by atoms with Crippen molar-refractivity contribution in [2.24, 2.45) is 5.41 Å². The molecular formula is C15H23NO2. The Labute approximate surface area is 109 Å². The summed E-state index contributed by atoms with van der Waals surface area (Å²) < 4.78 is 0. The normalized spacial score (nSPS) is 32.3. The SMILES string of the molecule is CC(C)(C)N1CCC2=CC(=O)/C(=C\O)C[C@@]2(C)C1. The summed E-state index contributed by atoms with van der Waals surface area (Å²) in [5.41, 5.74) is 1.93. The molecule has 1 heterocycles. The van der Waals surface area contributed by atoms with Crippen LogP contribution in [0.4, 0.5) is 0 Å². The molecule has 3 nitrogen and oxygen atoms in total. The number of hydrogen-bond donors (Lipinski definition) is 1. The van der Waals surface area contributed by atoms with Gasteiger partial charge in [0.25, 0.3) is 0 Å². The van der Waals surface area contributed by atoms with Crippen molar-refractivity contribution in [3.63, 3.8) is 0 Å². The third kappa shape index (κ3) is 2.24. The average Bonchev–Trinajstić information content (AvgIpc) is 2.27. The first-order chi connectivity index (χ1) is 8.26. The van der Waals surface area contributed by atoms with Gasteiger partial charge in [0.05, 0.1) is 6.26 Å². The molecule has 0 aromatic heterocycles. The van der Waals surface area contributed by atoms with E-state index in [1.165, 1.54) is 5.57 Å². The first-order valence-corrected chi connectivity index (χ1v) is 6.60. The monoisotopic (exact) mass is 249 g/mol. The van der Waals surface area contributed by atoms with Crippen LogP contribution in [0.2, 0.25) is 0 Å². The van der Waals surface area contributed by atoms with Crippen LogP contribution in [0.5, 0.6) is 0 Å². The molecule has 0 radical (unpaired) electrons. The Morgan fingerprint density at radius 2 is 2.11 bits per heavy atom. The number of likely N-dealkylation sites (tertiary alicyclic amines) is 1. The van der Waals surface area contributed by atoms with Gasteiger partial charge in [-0.3, -0.25) is 9.69 Å². The molecule has 18 heavy (non-hydrogen) atoms. The van der Waals surface area contributed by atoms with Crippen molar-refractivity contribution in [2.75, 3.05) is 13.1 Å². The number of aliphatic hydroxyl groups excluding tert-OH is 1. The molecule has 0 aromatic carbocycles. The Bertz CT molecular complexity index is 428. The molecular weight excluding hydrogens is 226 g/mol. The molecule has 100 valence electrons. The Morgan fingerprint density at radius 1 is 1.44 bits per heavy atom. The number of rotatable bonds is 0. The standard InChI is InChI=1S/C15H23NO2/c1-14(2,3)16-6-5-12-7-13(18)11(9-17)8-15(12,4)10-16/h7,9,17H,5-6,8,10H2,1-4H3/b11-9-/t15-/m0/s1. The summed E-state index contributed by atoms with van der Waals surface area (Å²) >= 11 is 0. The number of allylic oxidation sites excluding steroid dienone is 2. The van der Waals surface area contributed by atoms with Crippen LogP contribution in [0.15, 0.2) is 23.5 Å². The van der Waals surface area contributed by atoms with Crippen molar-refractivity contribution >= 4 is 5.78 Å². The molecule has 1 aliphatic heterocycles. The van der Waals surface area contributed by atoms with Gasteiger partial charge >= 0.3 is 0 Å². The second kappa shape index (κ2) is 4.23. The van der Waals surface area contributed by atoms with Crippen molar-refractivity contribution in [1.29, 1.82) is 0 Å². The molecule has 2 rings (SSSR count). The lowest BCUT2D eigenvalue weighted by Crippen LogP contribution is -2.52. The molecule has 1 fully saturated rings. The highest BCUT2D eigenvalue weighted by atomic mass is 16.2. The summed E-state index contributed by atoms with van der Waals surface area (Å²) in [6.45, 7) is 10.8. The van der Waals surface area contributed by atoms with E-state index >= 15 is 0 Å². The fourth-order valence-corrected chi connectivity index (χ4v) is 3.02. The van der Waals surface area contributed by atoms with Crippen molar-refractivity contribution in [3.05, 3.63) is 23.5 Å². The lowest BCUT2D eigenvalue weighted by molar-refractivity contribution is -0.112. The second-order valence-electron chi connectivity index (χ2n) is 6.77. The van der Waals surface area contributed by atoms with E-state index in [1.807, 2.05) is 0 Å². The van der Waals surface area contributed by atoms with Crippen molar-refractivity contribution in [2.45, 2.75) is 46.1 Å². The van der Waals surface area contributed by atoms with E-state index in [-0.39, 0.29) is 16.7 Å². The number of nitrogens with zero attached hydrogens (tertiary/aromatic N) is 1. The number of piperidine rings is 1. The van der Waals surface area contributed by atoms with E-state index in [1.54, 1.807) is 6.08 Å². The predicted octanol–water partition coefficient (Wildman–Crippen LogP) is 2.84. The van der Waals surface area contributed by atoms with Gasteiger partial charge in [-0.15, -0.1) is 0 Å². The summed E-state index contributed by atoms with van der Waals surface area (Å²) in [6, 6.07) is 0. The largest absolute Gasteiger partial charge is 0.515 e. The van der Waals surface area contributed by atoms with Crippen molar-refractivity contribution in [1.82, 2.24) is 4.90 Å². The molecule has 0 amide bonds. The quantitative estimate of drug-likeness (QED) is 0.530. The van der Waals surface area contributed by atoms with Gasteiger partial charge in [-0.05, 0) is 39.7 Å². The summed E-state index contributed by atoms with van der Waals surface area (Å²) in [5, 5.41) is 9.17. The predicted molar refractivity (Wildman–Crippen MR) is 72.5 cm³/mol. The Morgan fingerprint density at radius 3 is 2.67 bits per heavy atom. The van der Waals surface area contributed by atoms with Gasteiger partial charge in [0.15, 0.2) is 5.78 Å². The van der Waals surface area contributed by atoms with Gasteiger partial charge in [-0.2, -0.15) is 0 Å². The van der Waals surface area contributed by atoms with E-state index in [4.69, 9.17) is 5.11 Å². The highest BCUT2D eigenvalue weighted by Crippen LogP contribution is 2.44. The Hall–Kier alpha value is -1.09. The van der Waals surface area contributed by atoms with Gasteiger partial charge in [0, 0.05) is 29.6 Å². The van der Waals surface area contributed by atoms with E-state index < -0.39 is 0 Å². The minimum Gasteiger partial charge on any atom is -0.515 e. The smallest absolute Gasteiger partial charge is 0.184 e. The Balaban J connectivity index is 2.30. The Kier molecular flexibility index (Phi) is 3.14. The van der Waals surface area contributed by atoms with Gasteiger partial charge in [0.2, 0.25) is 0 Å². The number of carbonyl (C=O) groups excluding carboxylic acids is 1. The van der Waals surface area contributed by atoms with Gasteiger partial charge in [0.1, 0.15) is 0 Å². The van der Waals surface area contributed by atoms with Crippen LogP contribution in [-0.2, 0) is 4.79 Å². The van der Waals surface area contributed by atoms with Crippen LogP contribution in [0.25, 0.3) is 0 Å². The second-order valence-corrected chi connectivity index (χ2v) is 6.77. The minimum absolute atomic E-state index is 0.00595. The number of fused-ring (bicyclic) bond motifs is 1. The third-order valence-corrected chi connectivity index (χ3v) is 4.27. The van der Waals surface area contributed by atoms with Crippen LogP contribution in [0.1, 0.15) is 40.5 Å². The van der Waals surface area contributed by atoms with Crippen molar-refractivity contribution < 1.29 is 9.90 Å². The molecule has 1 saturated heterocycles. The third-order valence-electron chi connectivity index (χ3n) is 4.27. The maximum absolute atomic E-state index is 11.8. The minimum atomic E-state index is -0.0193. The van der Waals surface area contributed by atoms with E-state index in [9.17, 15) is 4.79 Å². The molecule has 0 bridgehead atoms. The lowest BCUT2D eigenvalue weighted by atomic mass is 9.68. The molecule has 0 spiro atoms. The van der Waals surface area contributed by atoms with Crippen molar-refractivity contribution in [3.8, 4) is 0 Å². The number of aliphatic hydroxyl groups is 1. The average molecular weight is 249 g/mol. The van der Waals surface area contributed by atoms with Crippen LogP contribution in [0.3, 0.4) is 0 Å². The highest BCUT2D eigenvalue weighted by molar-refractivity contribution is 6.05. The molecule has 0 saturated carbocycles. The first-order valence-electron chi connectivity index (χ1n) is 6.60. The molecule has 3 heteroatoms. The fourth-order valence-electron chi connectivity index (χ4n) is 3.02. The van der Waals surface area contributed by atoms with Crippen LogP contribution >= 0.6 is 0 Å². The number of hydrogen-bond acceptors (Lipinski definition) is 3. The summed E-state index contributed by atoms with van der Waals surface area (Å²) in [7, 11) is 0. The first kappa shape index (κ1) is 13.3. The topological polar surface area (TPSA) is 40.5 Å². The van der Waals surface area contributed by atoms with Crippen LogP contribution in [-0.4, -0.2) is 34.4 Å². The van der Waals surface area contributed by atoms with Gasteiger partial charge in [-0.25, -0.2) is 0 Å². The highest BCUT2D eigenvalue weighted by Gasteiger charge is 2.42. The lowest BCUT2D eigenvalue weighted by Gasteiger charge is -2.49. The molecule has 2 aliphatic rings. The van der Waals surface area contributed by atoms with Crippen LogP contribution < -0.4 is 0 Å². The van der Waals surface area contributed by atoms with Gasteiger partial charge < -0.3 is 5.11 Å². The summed E-state index contributed by atoms with van der Waals surface area (Å²) in [6.07, 6.45) is 4.33. The molecule has 1 atom stereocenters. The number of ketones is 1. The van der Waals surface area contributed by atoms with E-state index in [0.717, 1.165) is 25.8 Å². The molecule has 0 aromatic rings. The maximum atomic E-state index is 11.8. The zero-order chi connectivity index (χ0) is 13.6. The molecule has 0 unspecified atom stereocenters. The summed E-state index contributed by atoms with van der Waals surface area (Å²) in [5.74, 6) is -0.0193. The fraction of sp³-hybridized carbons (Fsp3) is 0.667. The zero-order valence-electron chi connectivity index (χ0n) is 11.8. The number of carbonyl (C=O) groups is 1. The maximum Gasteiger partial charge on any atom is 0.184 e. The van der Waals surface area contributed by atoms with Crippen LogP contribution in [0, 0.1) is 5.41 Å². The molecule has 1 aliphatic carbocycles. The van der Waals surface area contributed by atoms with Gasteiger partial charge in [-0.1, -0.05) is 12.5 Å². The molecule has 1 N–H and O–H groups in total. The summed E-state index contributed by atoms with van der Waals surface area (Å²) in [4.78, 5) is 14.2. The zero-order valence-corrected chi connectivity index (χ0v) is 11.8.